The molecule has 1 aromatic heterocycles. The molecule has 1 aliphatic carbocycles. The van der Waals surface area contributed by atoms with Gasteiger partial charge in [-0.1, -0.05) is 42.5 Å². The van der Waals surface area contributed by atoms with Gasteiger partial charge in [0.25, 0.3) is 0 Å². The van der Waals surface area contributed by atoms with Gasteiger partial charge in [-0.3, -0.25) is 18.8 Å². The number of imidazole rings is 1. The maximum atomic E-state index is 13.4. The summed E-state index contributed by atoms with van der Waals surface area (Å²) in [5.74, 6) is -0.179. The Balaban J connectivity index is 1.28. The van der Waals surface area contributed by atoms with E-state index in [2.05, 4.69) is 39.3 Å². The molecule has 0 bridgehead atoms. The van der Waals surface area contributed by atoms with E-state index in [9.17, 15) is 9.59 Å². The average molecular weight is 466 g/mol. The van der Waals surface area contributed by atoms with Crippen molar-refractivity contribution in [2.24, 2.45) is 0 Å². The minimum Gasteiger partial charge on any atom is -0.358 e. The summed E-state index contributed by atoms with van der Waals surface area (Å²) in [6.07, 6.45) is 2.72. The average Bonchev–Trinajstić information content (AvgIpc) is 3.41. The van der Waals surface area contributed by atoms with Crippen LogP contribution < -0.4 is 11.0 Å². The van der Waals surface area contributed by atoms with Gasteiger partial charge < -0.3 is 5.32 Å². The van der Waals surface area contributed by atoms with E-state index in [1.165, 1.54) is 16.5 Å². The fraction of sp³-hybridized carbons (Fsp3) is 0.321. The molecule has 1 N–H and O–H groups in total. The molecule has 1 unspecified atom stereocenters. The van der Waals surface area contributed by atoms with Crippen molar-refractivity contribution in [1.29, 1.82) is 0 Å². The van der Waals surface area contributed by atoms with E-state index in [-0.39, 0.29) is 24.2 Å². The zero-order chi connectivity index (χ0) is 24.1. The van der Waals surface area contributed by atoms with E-state index in [0.717, 1.165) is 54.5 Å². The molecule has 1 aliphatic heterocycles. The number of hydrogen-bond acceptors (Lipinski definition) is 3. The van der Waals surface area contributed by atoms with E-state index in [1.54, 1.807) is 11.6 Å². The number of piperidine rings is 1. The van der Waals surface area contributed by atoms with Crippen molar-refractivity contribution >= 4 is 33.4 Å². The number of benzene rings is 3. The van der Waals surface area contributed by atoms with Gasteiger partial charge >= 0.3 is 5.69 Å². The van der Waals surface area contributed by atoms with Gasteiger partial charge in [0.1, 0.15) is 6.54 Å². The van der Waals surface area contributed by atoms with Gasteiger partial charge in [-0.2, -0.15) is 0 Å². The third-order valence-electron chi connectivity index (χ3n) is 7.78. The number of aromatic nitrogens is 2. The first kappa shape index (κ1) is 21.6. The van der Waals surface area contributed by atoms with Gasteiger partial charge in [-0.15, -0.1) is 0 Å². The summed E-state index contributed by atoms with van der Waals surface area (Å²) in [7, 11) is 1.59. The molecule has 1 fully saturated rings. The molecule has 2 aliphatic rings. The highest BCUT2D eigenvalue weighted by molar-refractivity contribution is 6.00. The van der Waals surface area contributed by atoms with Gasteiger partial charge in [-0.05, 0) is 53.3 Å². The zero-order valence-corrected chi connectivity index (χ0v) is 19.7. The van der Waals surface area contributed by atoms with Crippen molar-refractivity contribution in [3.8, 4) is 0 Å². The van der Waals surface area contributed by atoms with Crippen molar-refractivity contribution in [2.45, 2.75) is 37.9 Å². The number of carbonyl (C=O) groups is 1. The Hall–Kier alpha value is -3.89. The van der Waals surface area contributed by atoms with Crippen LogP contribution >= 0.6 is 0 Å². The van der Waals surface area contributed by atoms with Crippen LogP contribution in [0, 0.1) is 6.57 Å². The molecule has 0 saturated carbocycles. The summed E-state index contributed by atoms with van der Waals surface area (Å²) in [5, 5.41) is 4.93. The molecule has 1 saturated heterocycles. The minimum atomic E-state index is -0.179. The van der Waals surface area contributed by atoms with Crippen LogP contribution in [-0.2, 0) is 17.8 Å². The van der Waals surface area contributed by atoms with Crippen LogP contribution in [-0.4, -0.2) is 40.1 Å². The number of nitrogens with zero attached hydrogens (tertiary/aromatic N) is 4. The third kappa shape index (κ3) is 3.36. The van der Waals surface area contributed by atoms with Crippen molar-refractivity contribution < 1.29 is 4.79 Å². The normalized spacial score (nSPS) is 18.2. The quantitative estimate of drug-likeness (QED) is 0.460. The van der Waals surface area contributed by atoms with Gasteiger partial charge in [0.05, 0.1) is 17.6 Å². The number of likely N-dealkylation sites (tertiary alicyclic amines) is 1. The van der Waals surface area contributed by atoms with Gasteiger partial charge in [-0.25, -0.2) is 9.64 Å². The van der Waals surface area contributed by atoms with Crippen molar-refractivity contribution in [2.75, 3.05) is 20.1 Å². The third-order valence-corrected chi connectivity index (χ3v) is 7.78. The maximum Gasteiger partial charge on any atom is 0.329 e. The van der Waals surface area contributed by atoms with Crippen LogP contribution in [0.1, 0.15) is 36.1 Å². The molecule has 4 aromatic rings. The molecule has 35 heavy (non-hydrogen) atoms. The SMILES string of the molecule is [C-]#[N+]c1ccc2c3c(cccc13)C(N1CCC(n3c(=O)n(CC(=O)NC)c4ccccc43)CC1)C2. The highest BCUT2D eigenvalue weighted by Gasteiger charge is 2.33. The Kier molecular flexibility index (Phi) is 5.19. The number of likely N-dealkylation sites (N-methyl/N-ethyl adjacent to an activating group) is 1. The molecule has 1 atom stereocenters. The zero-order valence-electron chi connectivity index (χ0n) is 19.7. The monoisotopic (exact) mass is 465 g/mol. The molecule has 7 heteroatoms. The highest BCUT2D eigenvalue weighted by Crippen LogP contribution is 2.44. The standard InChI is InChI=1S/C28H27N5O2/c1-29-22-11-10-18-16-25(21-7-5-6-20(22)27(18)21)31-14-12-19(13-15-31)33-24-9-4-3-8-23(24)32(28(33)35)17-26(34)30-2/h3-11,19,25H,12-17H2,2H3,(H,30,34). The van der Waals surface area contributed by atoms with E-state index >= 15 is 0 Å². The summed E-state index contributed by atoms with van der Waals surface area (Å²) < 4.78 is 3.49. The first-order valence-electron chi connectivity index (χ1n) is 12.2. The summed E-state index contributed by atoms with van der Waals surface area (Å²) >= 11 is 0. The molecule has 0 radical (unpaired) electrons. The summed E-state index contributed by atoms with van der Waals surface area (Å²) in [6, 6.07) is 18.6. The topological polar surface area (TPSA) is 63.6 Å². The predicted octanol–water partition coefficient (Wildman–Crippen LogP) is 4.19. The minimum absolute atomic E-state index is 0.0264. The number of amides is 1. The fourth-order valence-electron chi connectivity index (χ4n) is 6.10. The lowest BCUT2D eigenvalue weighted by atomic mass is 9.99. The lowest BCUT2D eigenvalue weighted by molar-refractivity contribution is -0.121. The Morgan fingerprint density at radius 2 is 1.83 bits per heavy atom. The van der Waals surface area contributed by atoms with Gasteiger partial charge in [0, 0.05) is 32.2 Å². The van der Waals surface area contributed by atoms with Gasteiger partial charge in [0.2, 0.25) is 5.91 Å². The number of fused-ring (bicyclic) bond motifs is 1. The first-order valence-corrected chi connectivity index (χ1v) is 12.2. The Morgan fingerprint density at radius 1 is 1.06 bits per heavy atom. The van der Waals surface area contributed by atoms with E-state index in [1.807, 2.05) is 34.9 Å². The molecule has 7 nitrogen and oxygen atoms in total. The predicted molar refractivity (Wildman–Crippen MR) is 137 cm³/mol. The van der Waals surface area contributed by atoms with Crippen LogP contribution in [0.3, 0.4) is 0 Å². The fourth-order valence-corrected chi connectivity index (χ4v) is 6.10. The highest BCUT2D eigenvalue weighted by atomic mass is 16.2. The number of rotatable bonds is 4. The molecule has 176 valence electrons. The largest absolute Gasteiger partial charge is 0.358 e. The number of para-hydroxylation sites is 2. The molecule has 6 rings (SSSR count). The number of carbonyl (C=O) groups excluding carboxylic acids is 1. The van der Waals surface area contributed by atoms with Crippen LogP contribution in [0.15, 0.2) is 59.4 Å². The number of nitrogens with one attached hydrogen (secondary N) is 1. The second-order valence-electron chi connectivity index (χ2n) is 9.51. The van der Waals surface area contributed by atoms with Crippen molar-refractivity contribution in [1.82, 2.24) is 19.4 Å². The maximum absolute atomic E-state index is 13.4. The van der Waals surface area contributed by atoms with E-state index in [4.69, 9.17) is 6.57 Å². The summed E-state index contributed by atoms with van der Waals surface area (Å²) in [4.78, 5) is 31.7. The van der Waals surface area contributed by atoms with Crippen LogP contribution in [0.25, 0.3) is 26.7 Å². The molecule has 0 spiro atoms. The van der Waals surface area contributed by atoms with Crippen molar-refractivity contribution in [3.63, 3.8) is 0 Å². The summed E-state index contributed by atoms with van der Waals surface area (Å²) in [6.45, 7) is 9.35. The van der Waals surface area contributed by atoms with E-state index < -0.39 is 0 Å². The molecule has 1 amide bonds. The molecular formula is C28H27N5O2. The Labute approximate surface area is 203 Å². The molecule has 2 heterocycles. The lowest BCUT2D eigenvalue weighted by Gasteiger charge is -2.36. The Bertz CT molecular complexity index is 1570. The first-order chi connectivity index (χ1) is 17.1. The van der Waals surface area contributed by atoms with Crippen molar-refractivity contribution in [3.05, 3.63) is 87.6 Å². The lowest BCUT2D eigenvalue weighted by Crippen LogP contribution is -2.40. The van der Waals surface area contributed by atoms with Crippen LogP contribution in [0.4, 0.5) is 5.69 Å². The number of hydrogen-bond donors (Lipinski definition) is 1. The second kappa shape index (κ2) is 8.40. The van der Waals surface area contributed by atoms with Gasteiger partial charge in [0.15, 0.2) is 5.69 Å². The smallest absolute Gasteiger partial charge is 0.329 e. The summed E-state index contributed by atoms with van der Waals surface area (Å²) in [5.41, 5.74) is 4.95. The molecule has 3 aromatic carbocycles. The Morgan fingerprint density at radius 3 is 2.57 bits per heavy atom. The van der Waals surface area contributed by atoms with Crippen LogP contribution in [0.5, 0.6) is 0 Å². The van der Waals surface area contributed by atoms with Crippen LogP contribution in [0.2, 0.25) is 0 Å². The second-order valence-corrected chi connectivity index (χ2v) is 9.51. The molecular weight excluding hydrogens is 438 g/mol. The van der Waals surface area contributed by atoms with E-state index in [0.29, 0.717) is 6.04 Å².